The summed E-state index contributed by atoms with van der Waals surface area (Å²) in [7, 11) is 0. The molecule has 1 rings (SSSR count). The highest BCUT2D eigenvalue weighted by atomic mass is 16.5. The molecule has 84 valence electrons. The van der Waals surface area contributed by atoms with Crippen LogP contribution in [0.5, 0.6) is 0 Å². The van der Waals surface area contributed by atoms with Crippen molar-refractivity contribution in [1.29, 1.82) is 0 Å². The van der Waals surface area contributed by atoms with Gasteiger partial charge in [0.1, 0.15) is 0 Å². The van der Waals surface area contributed by atoms with Crippen LogP contribution in [-0.2, 0) is 4.74 Å². The molecule has 0 radical (unpaired) electrons. The van der Waals surface area contributed by atoms with Gasteiger partial charge in [-0.25, -0.2) is 4.79 Å². The Morgan fingerprint density at radius 2 is 1.94 bits per heavy atom. The van der Waals surface area contributed by atoms with Crippen molar-refractivity contribution >= 4 is 5.97 Å². The van der Waals surface area contributed by atoms with Crippen molar-refractivity contribution in [1.82, 2.24) is 0 Å². The second-order valence-corrected chi connectivity index (χ2v) is 3.35. The summed E-state index contributed by atoms with van der Waals surface area (Å²) >= 11 is 0. The standard InChI is InChI=1S/C14H16O2/c1-3-5-6-7-12-8-10-13(11-9-12)14(15)16-4-2/h8-11H,3-5H2,1-2H3. The Kier molecular flexibility index (Phi) is 5.15. The Hall–Kier alpha value is -1.75. The molecule has 0 aromatic heterocycles. The van der Waals surface area contributed by atoms with Crippen LogP contribution >= 0.6 is 0 Å². The summed E-state index contributed by atoms with van der Waals surface area (Å²) in [6.07, 6.45) is 1.97. The van der Waals surface area contributed by atoms with E-state index in [1.165, 1.54) is 0 Å². The van der Waals surface area contributed by atoms with E-state index in [4.69, 9.17) is 4.74 Å². The Balaban J connectivity index is 2.69. The minimum atomic E-state index is -0.282. The summed E-state index contributed by atoms with van der Waals surface area (Å²) in [4.78, 5) is 11.4. The van der Waals surface area contributed by atoms with Crippen LogP contribution in [0, 0.1) is 11.8 Å². The van der Waals surface area contributed by atoms with Crippen LogP contribution in [-0.4, -0.2) is 12.6 Å². The summed E-state index contributed by atoms with van der Waals surface area (Å²) in [5.41, 5.74) is 1.50. The zero-order chi connectivity index (χ0) is 11.8. The van der Waals surface area contributed by atoms with Crippen molar-refractivity contribution in [3.63, 3.8) is 0 Å². The number of rotatable bonds is 3. The summed E-state index contributed by atoms with van der Waals surface area (Å²) in [6.45, 7) is 4.29. The number of hydrogen-bond donors (Lipinski definition) is 0. The first-order valence-electron chi connectivity index (χ1n) is 5.54. The van der Waals surface area contributed by atoms with Gasteiger partial charge < -0.3 is 4.74 Å². The maximum atomic E-state index is 11.4. The molecule has 0 atom stereocenters. The third kappa shape index (κ3) is 3.78. The molecule has 0 N–H and O–H groups in total. The van der Waals surface area contributed by atoms with E-state index in [1.807, 2.05) is 12.1 Å². The van der Waals surface area contributed by atoms with Crippen molar-refractivity contribution in [2.45, 2.75) is 26.7 Å². The summed E-state index contributed by atoms with van der Waals surface area (Å²) < 4.78 is 4.89. The Morgan fingerprint density at radius 1 is 1.25 bits per heavy atom. The van der Waals surface area contributed by atoms with Gasteiger partial charge in [-0.2, -0.15) is 0 Å². The van der Waals surface area contributed by atoms with Crippen LogP contribution in [0.2, 0.25) is 0 Å². The van der Waals surface area contributed by atoms with Crippen LogP contribution in [0.25, 0.3) is 0 Å². The Labute approximate surface area is 96.6 Å². The highest BCUT2D eigenvalue weighted by Gasteiger charge is 2.04. The fraction of sp³-hybridized carbons (Fsp3) is 0.357. The third-order valence-electron chi connectivity index (χ3n) is 2.00. The third-order valence-corrected chi connectivity index (χ3v) is 2.00. The minimum absolute atomic E-state index is 0.282. The van der Waals surface area contributed by atoms with Gasteiger partial charge in [0.05, 0.1) is 12.2 Å². The Morgan fingerprint density at radius 3 is 2.50 bits per heavy atom. The molecule has 0 spiro atoms. The molecule has 0 bridgehead atoms. The van der Waals surface area contributed by atoms with Crippen molar-refractivity contribution in [2.75, 3.05) is 6.61 Å². The monoisotopic (exact) mass is 216 g/mol. The zero-order valence-corrected chi connectivity index (χ0v) is 9.75. The molecule has 1 aromatic rings. The molecule has 1 aromatic carbocycles. The quantitative estimate of drug-likeness (QED) is 0.573. The number of carbonyl (C=O) groups excluding carboxylic acids is 1. The van der Waals surface area contributed by atoms with Crippen LogP contribution < -0.4 is 0 Å². The van der Waals surface area contributed by atoms with E-state index in [1.54, 1.807) is 19.1 Å². The summed E-state index contributed by atoms with van der Waals surface area (Å²) in [5.74, 6) is 5.82. The molecular weight excluding hydrogens is 200 g/mol. The first kappa shape index (κ1) is 12.3. The van der Waals surface area contributed by atoms with Gasteiger partial charge in [-0.3, -0.25) is 0 Å². The lowest BCUT2D eigenvalue weighted by Gasteiger charge is -2.00. The topological polar surface area (TPSA) is 26.3 Å². The predicted molar refractivity (Wildman–Crippen MR) is 64.2 cm³/mol. The van der Waals surface area contributed by atoms with E-state index in [-0.39, 0.29) is 5.97 Å². The fourth-order valence-corrected chi connectivity index (χ4v) is 1.19. The highest BCUT2D eigenvalue weighted by Crippen LogP contribution is 2.05. The van der Waals surface area contributed by atoms with E-state index in [0.717, 1.165) is 18.4 Å². The maximum Gasteiger partial charge on any atom is 0.338 e. The number of ether oxygens (including phenoxy) is 1. The van der Waals surface area contributed by atoms with Crippen LogP contribution in [0.15, 0.2) is 24.3 Å². The SMILES string of the molecule is CCCC#Cc1ccc(C(=O)OCC)cc1. The molecule has 0 saturated heterocycles. The molecule has 2 nitrogen and oxygen atoms in total. The first-order valence-corrected chi connectivity index (χ1v) is 5.54. The lowest BCUT2D eigenvalue weighted by atomic mass is 10.1. The summed E-state index contributed by atoms with van der Waals surface area (Å²) in [5, 5.41) is 0. The van der Waals surface area contributed by atoms with Crippen LogP contribution in [0.1, 0.15) is 42.6 Å². The van der Waals surface area contributed by atoms with Gasteiger partial charge in [0.25, 0.3) is 0 Å². The van der Waals surface area contributed by atoms with E-state index < -0.39 is 0 Å². The van der Waals surface area contributed by atoms with E-state index in [0.29, 0.717) is 12.2 Å². The molecule has 0 aliphatic heterocycles. The lowest BCUT2D eigenvalue weighted by Crippen LogP contribution is -2.04. The number of esters is 1. The number of benzene rings is 1. The van der Waals surface area contributed by atoms with Gasteiger partial charge >= 0.3 is 5.97 Å². The van der Waals surface area contributed by atoms with Crippen LogP contribution in [0.3, 0.4) is 0 Å². The second kappa shape index (κ2) is 6.68. The van der Waals surface area contributed by atoms with Crippen LogP contribution in [0.4, 0.5) is 0 Å². The van der Waals surface area contributed by atoms with E-state index >= 15 is 0 Å². The van der Waals surface area contributed by atoms with Crippen molar-refractivity contribution in [2.24, 2.45) is 0 Å². The second-order valence-electron chi connectivity index (χ2n) is 3.35. The fourth-order valence-electron chi connectivity index (χ4n) is 1.19. The molecule has 0 fully saturated rings. The predicted octanol–water partition coefficient (Wildman–Crippen LogP) is 3.01. The lowest BCUT2D eigenvalue weighted by molar-refractivity contribution is 0.0526. The molecule has 0 heterocycles. The molecule has 0 aliphatic rings. The largest absolute Gasteiger partial charge is 0.462 e. The molecule has 0 amide bonds. The molecule has 0 unspecified atom stereocenters. The molecule has 16 heavy (non-hydrogen) atoms. The van der Waals surface area contributed by atoms with E-state index in [2.05, 4.69) is 18.8 Å². The van der Waals surface area contributed by atoms with Gasteiger partial charge in [0.2, 0.25) is 0 Å². The van der Waals surface area contributed by atoms with Gasteiger partial charge in [-0.05, 0) is 37.6 Å². The number of carbonyl (C=O) groups is 1. The van der Waals surface area contributed by atoms with Gasteiger partial charge in [0, 0.05) is 12.0 Å². The van der Waals surface area contributed by atoms with Gasteiger partial charge in [-0.15, -0.1) is 0 Å². The van der Waals surface area contributed by atoms with Gasteiger partial charge in [-0.1, -0.05) is 18.8 Å². The average molecular weight is 216 g/mol. The number of hydrogen-bond acceptors (Lipinski definition) is 2. The van der Waals surface area contributed by atoms with Gasteiger partial charge in [0.15, 0.2) is 0 Å². The van der Waals surface area contributed by atoms with Crippen molar-refractivity contribution < 1.29 is 9.53 Å². The number of unbranched alkanes of at least 4 members (excludes halogenated alkanes) is 1. The summed E-state index contributed by atoms with van der Waals surface area (Å²) in [6, 6.07) is 7.17. The first-order chi connectivity index (χ1) is 7.77. The molecular formula is C14H16O2. The highest BCUT2D eigenvalue weighted by molar-refractivity contribution is 5.89. The smallest absolute Gasteiger partial charge is 0.338 e. The van der Waals surface area contributed by atoms with Crippen molar-refractivity contribution in [3.8, 4) is 11.8 Å². The maximum absolute atomic E-state index is 11.4. The molecule has 2 heteroatoms. The average Bonchev–Trinajstić information content (AvgIpc) is 2.30. The van der Waals surface area contributed by atoms with E-state index in [9.17, 15) is 4.79 Å². The van der Waals surface area contributed by atoms with Crippen molar-refractivity contribution in [3.05, 3.63) is 35.4 Å². The minimum Gasteiger partial charge on any atom is -0.462 e. The molecule has 0 aliphatic carbocycles. The normalized spacial score (nSPS) is 9.12. The Bertz CT molecular complexity index is 393. The molecule has 0 saturated carbocycles. The zero-order valence-electron chi connectivity index (χ0n) is 9.75.